The fraction of sp³-hybridized carbons (Fsp3) is 0.611. The summed E-state index contributed by atoms with van der Waals surface area (Å²) in [5.74, 6) is -0.137. The van der Waals surface area contributed by atoms with Crippen LogP contribution >= 0.6 is 0 Å². The summed E-state index contributed by atoms with van der Waals surface area (Å²) in [4.78, 5) is 39.2. The third-order valence-corrected chi connectivity index (χ3v) is 5.09. The van der Waals surface area contributed by atoms with Crippen molar-refractivity contribution in [3.05, 3.63) is 24.2 Å². The molecule has 2 aliphatic rings. The van der Waals surface area contributed by atoms with Crippen LogP contribution in [0.25, 0.3) is 0 Å². The first-order valence-electron chi connectivity index (χ1n) is 8.83. The van der Waals surface area contributed by atoms with E-state index in [9.17, 15) is 14.4 Å². The second-order valence-electron chi connectivity index (χ2n) is 6.98. The Hall–Kier alpha value is -2.31. The smallest absolute Gasteiger partial charge is 0.303 e. The molecule has 25 heavy (non-hydrogen) atoms. The van der Waals surface area contributed by atoms with Gasteiger partial charge in [-0.3, -0.25) is 14.4 Å². The Bertz CT molecular complexity index is 627. The molecule has 0 saturated carbocycles. The van der Waals surface area contributed by atoms with E-state index in [1.165, 1.54) is 0 Å². The lowest BCUT2D eigenvalue weighted by molar-refractivity contribution is -0.138. The van der Waals surface area contributed by atoms with Crippen LogP contribution in [-0.2, 0) is 20.9 Å². The SMILES string of the molecule is O=C(O)CC[C@H]1CCCN(C(=O)[C@H]2CC(=O)N(Cc3ccco3)C2)C1. The van der Waals surface area contributed by atoms with Crippen molar-refractivity contribution in [2.45, 2.75) is 38.6 Å². The number of carboxylic acids is 1. The normalized spacial score (nSPS) is 23.9. The molecule has 0 radical (unpaired) electrons. The molecule has 1 aromatic heterocycles. The molecule has 0 unspecified atom stereocenters. The molecule has 0 aromatic carbocycles. The second-order valence-corrected chi connectivity index (χ2v) is 6.98. The number of furan rings is 1. The Balaban J connectivity index is 1.53. The van der Waals surface area contributed by atoms with E-state index < -0.39 is 5.97 Å². The third-order valence-electron chi connectivity index (χ3n) is 5.09. The maximum atomic E-state index is 12.8. The molecule has 2 fully saturated rings. The molecule has 2 atom stereocenters. The molecule has 7 nitrogen and oxygen atoms in total. The second kappa shape index (κ2) is 7.72. The van der Waals surface area contributed by atoms with Gasteiger partial charge in [-0.25, -0.2) is 0 Å². The average Bonchev–Trinajstić information content (AvgIpc) is 3.23. The number of hydrogen-bond acceptors (Lipinski definition) is 4. The quantitative estimate of drug-likeness (QED) is 0.845. The molecule has 7 heteroatoms. The summed E-state index contributed by atoms with van der Waals surface area (Å²) in [6.45, 7) is 2.13. The maximum Gasteiger partial charge on any atom is 0.303 e. The minimum Gasteiger partial charge on any atom is -0.481 e. The summed E-state index contributed by atoms with van der Waals surface area (Å²) in [6, 6.07) is 3.60. The van der Waals surface area contributed by atoms with Crippen LogP contribution in [0.15, 0.2) is 22.8 Å². The van der Waals surface area contributed by atoms with Gasteiger partial charge in [-0.2, -0.15) is 0 Å². The van der Waals surface area contributed by atoms with Crippen LogP contribution in [0.4, 0.5) is 0 Å². The van der Waals surface area contributed by atoms with Crippen LogP contribution < -0.4 is 0 Å². The fourth-order valence-electron chi connectivity index (χ4n) is 3.77. The van der Waals surface area contributed by atoms with E-state index in [0.29, 0.717) is 38.4 Å². The van der Waals surface area contributed by atoms with Gasteiger partial charge in [0.2, 0.25) is 11.8 Å². The maximum absolute atomic E-state index is 12.8. The molecular formula is C18H24N2O5. The number of amides is 2. The van der Waals surface area contributed by atoms with Gasteiger partial charge in [-0.05, 0) is 37.3 Å². The van der Waals surface area contributed by atoms with Crippen molar-refractivity contribution in [3.8, 4) is 0 Å². The lowest BCUT2D eigenvalue weighted by Crippen LogP contribution is -2.43. The molecule has 136 valence electrons. The van der Waals surface area contributed by atoms with E-state index in [4.69, 9.17) is 9.52 Å². The van der Waals surface area contributed by atoms with Crippen molar-refractivity contribution in [2.75, 3.05) is 19.6 Å². The first-order chi connectivity index (χ1) is 12.0. The largest absolute Gasteiger partial charge is 0.481 e. The van der Waals surface area contributed by atoms with E-state index >= 15 is 0 Å². The van der Waals surface area contributed by atoms with Gasteiger partial charge in [-0.15, -0.1) is 0 Å². The van der Waals surface area contributed by atoms with Crippen LogP contribution in [0, 0.1) is 11.8 Å². The number of nitrogens with zero attached hydrogens (tertiary/aromatic N) is 2. The number of hydrogen-bond donors (Lipinski definition) is 1. The van der Waals surface area contributed by atoms with E-state index in [0.717, 1.165) is 12.8 Å². The molecule has 2 saturated heterocycles. The van der Waals surface area contributed by atoms with Crippen LogP contribution in [0.1, 0.15) is 37.9 Å². The third kappa shape index (κ3) is 4.41. The Kier molecular flexibility index (Phi) is 5.40. The van der Waals surface area contributed by atoms with Gasteiger partial charge in [0, 0.05) is 32.5 Å². The molecular weight excluding hydrogens is 324 g/mol. The predicted octanol–water partition coefficient (Wildman–Crippen LogP) is 1.73. The zero-order valence-electron chi connectivity index (χ0n) is 14.2. The van der Waals surface area contributed by atoms with Gasteiger partial charge >= 0.3 is 5.97 Å². The molecule has 0 bridgehead atoms. The summed E-state index contributed by atoms with van der Waals surface area (Å²) in [5.41, 5.74) is 0. The van der Waals surface area contributed by atoms with Crippen molar-refractivity contribution < 1.29 is 23.9 Å². The Morgan fingerprint density at radius 2 is 2.16 bits per heavy atom. The summed E-state index contributed by atoms with van der Waals surface area (Å²) < 4.78 is 5.28. The van der Waals surface area contributed by atoms with Gasteiger partial charge in [0.15, 0.2) is 0 Å². The Morgan fingerprint density at radius 3 is 2.88 bits per heavy atom. The molecule has 2 aliphatic heterocycles. The van der Waals surface area contributed by atoms with Crippen molar-refractivity contribution in [2.24, 2.45) is 11.8 Å². The average molecular weight is 348 g/mol. The Morgan fingerprint density at radius 1 is 1.32 bits per heavy atom. The lowest BCUT2D eigenvalue weighted by atomic mass is 9.92. The highest BCUT2D eigenvalue weighted by Gasteiger charge is 2.37. The van der Waals surface area contributed by atoms with Crippen LogP contribution in [0.5, 0.6) is 0 Å². The van der Waals surface area contributed by atoms with Gasteiger partial charge in [-0.1, -0.05) is 0 Å². The lowest BCUT2D eigenvalue weighted by Gasteiger charge is -2.34. The number of rotatable bonds is 6. The molecule has 1 N–H and O–H groups in total. The van der Waals surface area contributed by atoms with Gasteiger partial charge in [0.25, 0.3) is 0 Å². The van der Waals surface area contributed by atoms with Crippen molar-refractivity contribution >= 4 is 17.8 Å². The number of carboxylic acid groups (broad SMARTS) is 1. The first kappa shape index (κ1) is 17.5. The van der Waals surface area contributed by atoms with Crippen molar-refractivity contribution in [3.63, 3.8) is 0 Å². The number of aliphatic carboxylic acids is 1. The molecule has 1 aromatic rings. The molecule has 3 rings (SSSR count). The zero-order valence-corrected chi connectivity index (χ0v) is 14.2. The van der Waals surface area contributed by atoms with E-state index in [2.05, 4.69) is 0 Å². The van der Waals surface area contributed by atoms with Crippen molar-refractivity contribution in [1.82, 2.24) is 9.80 Å². The van der Waals surface area contributed by atoms with Crippen LogP contribution in [0.2, 0.25) is 0 Å². The number of likely N-dealkylation sites (tertiary alicyclic amines) is 2. The van der Waals surface area contributed by atoms with Gasteiger partial charge in [0.05, 0.1) is 18.7 Å². The van der Waals surface area contributed by atoms with E-state index in [-0.39, 0.29) is 36.5 Å². The zero-order chi connectivity index (χ0) is 17.8. The molecule has 0 spiro atoms. The highest BCUT2D eigenvalue weighted by Crippen LogP contribution is 2.26. The van der Waals surface area contributed by atoms with Gasteiger partial charge in [0.1, 0.15) is 5.76 Å². The summed E-state index contributed by atoms with van der Waals surface area (Å²) >= 11 is 0. The van der Waals surface area contributed by atoms with E-state index in [1.807, 2.05) is 11.0 Å². The van der Waals surface area contributed by atoms with Crippen molar-refractivity contribution in [1.29, 1.82) is 0 Å². The first-order valence-corrected chi connectivity index (χ1v) is 8.83. The molecule has 2 amide bonds. The van der Waals surface area contributed by atoms with E-state index in [1.54, 1.807) is 17.2 Å². The topological polar surface area (TPSA) is 91.1 Å². The highest BCUT2D eigenvalue weighted by atomic mass is 16.4. The molecule has 0 aliphatic carbocycles. The monoisotopic (exact) mass is 348 g/mol. The molecule has 3 heterocycles. The van der Waals surface area contributed by atoms with Crippen LogP contribution in [-0.4, -0.2) is 52.3 Å². The minimum atomic E-state index is -0.793. The summed E-state index contributed by atoms with van der Waals surface area (Å²) in [6.07, 6.45) is 4.43. The number of carbonyl (C=O) groups is 3. The standard InChI is InChI=1S/C18H24N2O5/c21-16-9-14(11-20(16)12-15-4-2-8-25-15)18(24)19-7-1-3-13(10-19)5-6-17(22)23/h2,4,8,13-14H,1,3,5-7,9-12H2,(H,22,23)/t13-,14+/m1/s1. The van der Waals surface area contributed by atoms with Gasteiger partial charge < -0.3 is 19.3 Å². The predicted molar refractivity (Wildman–Crippen MR) is 88.4 cm³/mol. The minimum absolute atomic E-state index is 0.0193. The van der Waals surface area contributed by atoms with Crippen LogP contribution in [0.3, 0.4) is 0 Å². The fourth-order valence-corrected chi connectivity index (χ4v) is 3.77. The number of carbonyl (C=O) groups excluding carboxylic acids is 2. The number of piperidine rings is 1. The Labute approximate surface area is 146 Å². The summed E-state index contributed by atoms with van der Waals surface area (Å²) in [7, 11) is 0. The summed E-state index contributed by atoms with van der Waals surface area (Å²) in [5, 5.41) is 8.82. The highest BCUT2D eigenvalue weighted by molar-refractivity contribution is 5.89.